The molecule has 8 rings (SSSR count). The lowest BCUT2D eigenvalue weighted by atomic mass is 10.1. The van der Waals surface area contributed by atoms with Gasteiger partial charge in [-0.25, -0.2) is 0 Å². The van der Waals surface area contributed by atoms with E-state index in [2.05, 4.69) is 9.03 Å². The smallest absolute Gasteiger partial charge is 0.439 e. The predicted molar refractivity (Wildman–Crippen MR) is 269 cm³/mol. The number of nitrogens with zero attached hydrogens (tertiary/aromatic N) is 4. The number of ether oxygens (including phenoxy) is 7. The van der Waals surface area contributed by atoms with Crippen molar-refractivity contribution in [3.05, 3.63) is 209 Å². The van der Waals surface area contributed by atoms with Gasteiger partial charge in [0.05, 0.1) is 0 Å². The second-order valence-corrected chi connectivity index (χ2v) is 20.2. The summed E-state index contributed by atoms with van der Waals surface area (Å²) in [6.07, 6.45) is 0. The summed E-state index contributed by atoms with van der Waals surface area (Å²) in [5.74, 6) is -6.29. The lowest BCUT2D eigenvalue weighted by molar-refractivity contribution is -0.486. The normalized spacial score (nSPS) is 13.8. The summed E-state index contributed by atoms with van der Waals surface area (Å²) in [6.45, 7) is 13.7. The van der Waals surface area contributed by atoms with E-state index in [-0.39, 0.29) is 22.8 Å². The van der Waals surface area contributed by atoms with E-state index >= 15 is 0 Å². The van der Waals surface area contributed by atoms with Gasteiger partial charge in [0, 0.05) is 9.03 Å². The molecule has 1 heterocycles. The van der Waals surface area contributed by atoms with Gasteiger partial charge in [0.15, 0.2) is 8.52 Å². The topological polar surface area (TPSA) is 123 Å². The molecule has 0 aromatic heterocycles. The van der Waals surface area contributed by atoms with E-state index < -0.39 is 25.8 Å². The van der Waals surface area contributed by atoms with E-state index in [1.54, 1.807) is 42.5 Å². The van der Waals surface area contributed by atoms with Crippen LogP contribution in [0.3, 0.4) is 0 Å². The van der Waals surface area contributed by atoms with Gasteiger partial charge in [0.25, 0.3) is 0 Å². The monoisotopic (exact) mass is 981 g/mol. The fourth-order valence-corrected chi connectivity index (χ4v) is 10.6. The molecule has 0 amide bonds. The van der Waals surface area contributed by atoms with Gasteiger partial charge >= 0.3 is 25.8 Å². The molecule has 0 radical (unpaired) electrons. The molecule has 0 spiro atoms. The number of hydrogen-bond donors (Lipinski definition) is 0. The van der Waals surface area contributed by atoms with E-state index in [1.165, 1.54) is 0 Å². The van der Waals surface area contributed by atoms with Gasteiger partial charge in [0.2, 0.25) is 17.0 Å². The Morgan fingerprint density at radius 2 is 0.603 bits per heavy atom. The summed E-state index contributed by atoms with van der Waals surface area (Å²) in [5, 5.41) is 0. The molecule has 0 fully saturated rings. The lowest BCUT2D eigenvalue weighted by Crippen LogP contribution is -2.82. The maximum Gasteiger partial charge on any atom is 0.553 e. The minimum absolute atomic E-state index is 0.255. The molecule has 7 aromatic rings. The Hall–Kier alpha value is -6.50. The molecule has 1 aliphatic rings. The van der Waals surface area contributed by atoms with Crippen molar-refractivity contribution in [2.75, 3.05) is 0 Å². The molecule has 1 unspecified atom stereocenters. The van der Waals surface area contributed by atoms with Crippen LogP contribution in [0.25, 0.3) is 0 Å². The Morgan fingerprint density at radius 3 is 0.882 bits per heavy atom. The Kier molecular flexibility index (Phi) is 15.3. The molecule has 0 N–H and O–H groups in total. The maximum atomic E-state index is 7.66. The molecule has 7 aromatic carbocycles. The zero-order valence-corrected chi connectivity index (χ0v) is 42.1. The number of rotatable bonds is 18. The molecule has 1 aliphatic heterocycles. The summed E-state index contributed by atoms with van der Waals surface area (Å²) >= 11 is 0. The van der Waals surface area contributed by atoms with Gasteiger partial charge < -0.3 is 33.2 Å². The van der Waals surface area contributed by atoms with Crippen LogP contribution in [-0.4, -0.2) is 17.7 Å². The molecular formula is C52H49N4O8P4+. The van der Waals surface area contributed by atoms with E-state index in [0.29, 0.717) is 43.0 Å². The average Bonchev–Trinajstić information content (AvgIpc) is 3.27. The first-order chi connectivity index (χ1) is 32.9. The van der Waals surface area contributed by atoms with Crippen LogP contribution in [0.5, 0.6) is 40.2 Å². The molecular weight excluding hydrogens is 932 g/mol. The third-order valence-electron chi connectivity index (χ3n) is 10.1. The highest BCUT2D eigenvalue weighted by Crippen LogP contribution is 2.55. The fraction of sp³-hybridized carbons (Fsp3) is 0.192. The van der Waals surface area contributed by atoms with E-state index in [1.807, 2.05) is 176 Å². The van der Waals surface area contributed by atoms with Crippen LogP contribution < -0.4 is 33.2 Å². The fourth-order valence-electron chi connectivity index (χ4n) is 7.15. The van der Waals surface area contributed by atoms with Crippen molar-refractivity contribution in [3.63, 3.8) is 0 Å². The second-order valence-electron chi connectivity index (χ2n) is 16.1. The number of aryl methyl sites for hydroxylation is 7. The maximum absolute atomic E-state index is 7.66. The average molecular weight is 982 g/mol. The van der Waals surface area contributed by atoms with Crippen molar-refractivity contribution < 1.29 is 37.7 Å². The van der Waals surface area contributed by atoms with Crippen LogP contribution in [0.4, 0.5) is 0 Å². The van der Waals surface area contributed by atoms with Crippen LogP contribution in [0.1, 0.15) is 38.9 Å². The van der Waals surface area contributed by atoms with E-state index in [0.717, 1.165) is 38.9 Å². The summed E-state index contributed by atoms with van der Waals surface area (Å²) in [5.41, 5.74) is 6.09. The van der Waals surface area contributed by atoms with Crippen molar-refractivity contribution in [3.8, 4) is 40.2 Å². The standard InChI is InChI=1S/C52H49N4O8P4/c1-36-15-8-22-43(29-36)57-50(64-68-55-66-53-65-54-67-56-68,51(58-44-23-9-16-37(2)30-44,59-45-24-10-17-38(3)31-45)60-46-25-11-18-39(4)32-46)52(61-47-26-12-19-40(5)33-47,62-48-27-13-20-41(6)34-48)63-49-28-14-21-42(7)35-49/h8-35H,1-7H3/q+1. The minimum atomic E-state index is -2.83. The predicted octanol–water partition coefficient (Wildman–Crippen LogP) is 16.4. The number of hydrogen-bond acceptors (Lipinski definition) is 12. The van der Waals surface area contributed by atoms with E-state index in [4.69, 9.17) is 46.7 Å². The van der Waals surface area contributed by atoms with Gasteiger partial charge in [0.1, 0.15) is 40.2 Å². The number of benzene rings is 7. The molecule has 68 heavy (non-hydrogen) atoms. The zero-order valence-electron chi connectivity index (χ0n) is 38.5. The molecule has 0 bridgehead atoms. The summed E-state index contributed by atoms with van der Waals surface area (Å²) < 4.78 is 78.7. The van der Waals surface area contributed by atoms with Gasteiger partial charge in [-0.3, -0.25) is 0 Å². The van der Waals surface area contributed by atoms with Crippen molar-refractivity contribution in [1.82, 2.24) is 0 Å². The SMILES string of the molecule is Cc1cccc(OC(Oc2cccc(C)c2)(Oc2cccc(C)c2)C(Oc2cccc(C)c2)(O[P+]2=NP=NP=NP=N2)C(Oc2cccc(C)c2)(Oc2cccc(C)c2)Oc2cccc(C)c2)c1. The molecule has 0 aliphatic carbocycles. The molecule has 0 saturated heterocycles. The van der Waals surface area contributed by atoms with Crippen LogP contribution in [-0.2, 0) is 4.52 Å². The van der Waals surface area contributed by atoms with Gasteiger partial charge in [-0.05, 0) is 172 Å². The third kappa shape index (κ3) is 11.8. The first-order valence-electron chi connectivity index (χ1n) is 21.6. The largest absolute Gasteiger partial charge is 0.553 e. The van der Waals surface area contributed by atoms with Crippen molar-refractivity contribution in [2.24, 2.45) is 18.1 Å². The van der Waals surface area contributed by atoms with Crippen LogP contribution in [0, 0.1) is 48.5 Å². The Labute approximate surface area is 403 Å². The van der Waals surface area contributed by atoms with Crippen molar-refractivity contribution in [1.29, 1.82) is 0 Å². The minimum Gasteiger partial charge on any atom is -0.439 e. The van der Waals surface area contributed by atoms with Crippen LogP contribution in [0.15, 0.2) is 188 Å². The first kappa shape index (κ1) is 48.0. The van der Waals surface area contributed by atoms with Gasteiger partial charge in [-0.15, -0.1) is 0 Å². The second kappa shape index (κ2) is 21.6. The quantitative estimate of drug-likeness (QED) is 0.0615. The highest BCUT2D eigenvalue weighted by Gasteiger charge is 2.86. The highest BCUT2D eigenvalue weighted by molar-refractivity contribution is 7.55. The van der Waals surface area contributed by atoms with Crippen LogP contribution >= 0.6 is 33.7 Å². The van der Waals surface area contributed by atoms with Crippen LogP contribution in [0.2, 0.25) is 0 Å². The molecule has 1 atom stereocenters. The summed E-state index contributed by atoms with van der Waals surface area (Å²) in [7, 11) is -1.38. The Bertz CT molecular complexity index is 2640. The molecule has 0 saturated carbocycles. The Morgan fingerprint density at radius 1 is 0.338 bits per heavy atom. The highest BCUT2D eigenvalue weighted by atomic mass is 31.2. The van der Waals surface area contributed by atoms with E-state index in [9.17, 15) is 0 Å². The molecule has 12 nitrogen and oxygen atoms in total. The first-order valence-corrected chi connectivity index (χ1v) is 25.2. The van der Waals surface area contributed by atoms with Gasteiger partial charge in [-0.2, -0.15) is 9.03 Å². The summed E-state index contributed by atoms with van der Waals surface area (Å²) in [6, 6.07) is 52.2. The molecule has 344 valence electrons. The molecule has 16 heteroatoms. The zero-order chi connectivity index (χ0) is 47.6. The summed E-state index contributed by atoms with van der Waals surface area (Å²) in [4.78, 5) is 0. The van der Waals surface area contributed by atoms with Crippen molar-refractivity contribution >= 4 is 33.7 Å². The lowest BCUT2D eigenvalue weighted by Gasteiger charge is -2.49. The third-order valence-corrected chi connectivity index (χ3v) is 13.7. The van der Waals surface area contributed by atoms with Crippen molar-refractivity contribution in [2.45, 2.75) is 66.2 Å². The Balaban J connectivity index is 1.61. The van der Waals surface area contributed by atoms with Gasteiger partial charge in [-0.1, -0.05) is 89.5 Å².